The lowest BCUT2D eigenvalue weighted by Gasteiger charge is -2.11. The highest BCUT2D eigenvalue weighted by Crippen LogP contribution is 2.27. The Labute approximate surface area is 191 Å². The van der Waals surface area contributed by atoms with Gasteiger partial charge in [-0.1, -0.05) is 19.1 Å². The second-order valence-corrected chi connectivity index (χ2v) is 8.52. The van der Waals surface area contributed by atoms with Crippen LogP contribution >= 0.6 is 11.3 Å². The molecule has 7 nitrogen and oxygen atoms in total. The molecule has 32 heavy (non-hydrogen) atoms. The van der Waals surface area contributed by atoms with Gasteiger partial charge in [0.1, 0.15) is 17.1 Å². The molecule has 0 aliphatic carbocycles. The van der Waals surface area contributed by atoms with Gasteiger partial charge >= 0.3 is 11.6 Å². The molecule has 0 saturated carbocycles. The molecule has 172 valence electrons. The van der Waals surface area contributed by atoms with E-state index in [-0.39, 0.29) is 23.9 Å². The van der Waals surface area contributed by atoms with Crippen LogP contribution < -0.4 is 5.63 Å². The molecule has 0 bridgehead atoms. The van der Waals surface area contributed by atoms with Gasteiger partial charge in [0.2, 0.25) is 0 Å². The molecule has 0 saturated heterocycles. The number of aromatic hydroxyl groups is 1. The summed E-state index contributed by atoms with van der Waals surface area (Å²) in [5.41, 5.74) is -0.923. The molecule has 0 aliphatic heterocycles. The highest BCUT2D eigenvalue weighted by atomic mass is 32.1. The van der Waals surface area contributed by atoms with Gasteiger partial charge in [-0.25, -0.2) is 4.79 Å². The zero-order valence-corrected chi connectivity index (χ0v) is 19.5. The van der Waals surface area contributed by atoms with Crippen molar-refractivity contribution in [3.63, 3.8) is 0 Å². The molecule has 1 N–H and O–H groups in total. The van der Waals surface area contributed by atoms with Gasteiger partial charge in [-0.15, -0.1) is 11.3 Å². The van der Waals surface area contributed by atoms with Crippen molar-refractivity contribution in [2.24, 2.45) is 0 Å². The Balaban J connectivity index is 2.10. The van der Waals surface area contributed by atoms with E-state index >= 15 is 0 Å². The van der Waals surface area contributed by atoms with E-state index in [4.69, 9.17) is 9.15 Å². The van der Waals surface area contributed by atoms with E-state index in [9.17, 15) is 19.5 Å². The van der Waals surface area contributed by atoms with E-state index in [0.29, 0.717) is 30.8 Å². The summed E-state index contributed by atoms with van der Waals surface area (Å²) in [5, 5.41) is 10.4. The second kappa shape index (κ2) is 12.2. The molecule has 0 fully saturated rings. The normalized spacial score (nSPS) is 12.8. The van der Waals surface area contributed by atoms with Crippen LogP contribution in [-0.2, 0) is 20.9 Å². The van der Waals surface area contributed by atoms with Crippen molar-refractivity contribution in [1.82, 2.24) is 0 Å². The van der Waals surface area contributed by atoms with Crippen molar-refractivity contribution in [3.05, 3.63) is 67.4 Å². The van der Waals surface area contributed by atoms with E-state index in [1.165, 1.54) is 24.5 Å². The first-order valence-electron chi connectivity index (χ1n) is 10.2. The van der Waals surface area contributed by atoms with Crippen LogP contribution in [0.1, 0.15) is 64.9 Å². The lowest BCUT2D eigenvalue weighted by Crippen LogP contribution is -2.16. The Bertz CT molecular complexity index is 1060. The van der Waals surface area contributed by atoms with E-state index in [2.05, 4.69) is 4.74 Å². The third-order valence-corrected chi connectivity index (χ3v) is 5.80. The summed E-state index contributed by atoms with van der Waals surface area (Å²) < 4.78 is 15.0. The van der Waals surface area contributed by atoms with Gasteiger partial charge in [-0.2, -0.15) is 0 Å². The Hall–Kier alpha value is -2.97. The topological polar surface area (TPSA) is 103 Å². The molecule has 2 heterocycles. The van der Waals surface area contributed by atoms with Crippen molar-refractivity contribution in [1.29, 1.82) is 0 Å². The van der Waals surface area contributed by atoms with Gasteiger partial charge in [-0.3, -0.25) is 9.59 Å². The minimum atomic E-state index is -0.864. The maximum Gasteiger partial charge on any atom is 0.351 e. The van der Waals surface area contributed by atoms with E-state index in [1.54, 1.807) is 26.2 Å². The summed E-state index contributed by atoms with van der Waals surface area (Å²) in [7, 11) is 2.94. The largest absolute Gasteiger partial charge is 0.507 e. The maximum atomic E-state index is 12.8. The molecule has 0 aromatic carbocycles. The fourth-order valence-corrected chi connectivity index (χ4v) is 3.98. The Kier molecular flexibility index (Phi) is 9.61. The predicted molar refractivity (Wildman–Crippen MR) is 123 cm³/mol. The molecular weight excluding hydrogens is 432 g/mol. The summed E-state index contributed by atoms with van der Waals surface area (Å²) in [6.07, 6.45) is 6.71. The first-order valence-corrected chi connectivity index (χ1v) is 11.0. The second-order valence-electron chi connectivity index (χ2n) is 7.32. The molecule has 0 amide bonds. The number of carbonyl (C=O) groups excluding carboxylic acids is 2. The summed E-state index contributed by atoms with van der Waals surface area (Å²) >= 11 is 1.48. The molecule has 2 aromatic heterocycles. The van der Waals surface area contributed by atoms with Crippen LogP contribution in [0.25, 0.3) is 6.08 Å². The number of Topliss-reactive ketones (excluding diaryl/α,β-unsaturated/α-hetero) is 1. The molecule has 0 aliphatic rings. The molecule has 1 atom stereocenters. The average Bonchev–Trinajstić information content (AvgIpc) is 3.19. The number of allylic oxidation sites excluding steroid dienone is 2. The van der Waals surface area contributed by atoms with Crippen molar-refractivity contribution < 1.29 is 28.6 Å². The summed E-state index contributed by atoms with van der Waals surface area (Å²) in [6, 6.07) is 5.10. The maximum absolute atomic E-state index is 12.8. The monoisotopic (exact) mass is 460 g/mol. The smallest absolute Gasteiger partial charge is 0.351 e. The van der Waals surface area contributed by atoms with Crippen molar-refractivity contribution in [2.45, 2.75) is 45.6 Å². The predicted octanol–water partition coefficient (Wildman–Crippen LogP) is 4.84. The first-order chi connectivity index (χ1) is 15.3. The molecule has 2 aromatic rings. The van der Waals surface area contributed by atoms with Gasteiger partial charge in [0.15, 0.2) is 5.78 Å². The van der Waals surface area contributed by atoms with Crippen LogP contribution in [0.3, 0.4) is 0 Å². The zero-order valence-electron chi connectivity index (χ0n) is 18.7. The van der Waals surface area contributed by atoms with Gasteiger partial charge in [0, 0.05) is 28.8 Å². The third kappa shape index (κ3) is 7.03. The zero-order chi connectivity index (χ0) is 23.7. The number of ketones is 1. The Morgan fingerprint density at radius 3 is 2.66 bits per heavy atom. The highest BCUT2D eigenvalue weighted by Gasteiger charge is 2.22. The van der Waals surface area contributed by atoms with Gasteiger partial charge in [0.25, 0.3) is 0 Å². The van der Waals surface area contributed by atoms with E-state index < -0.39 is 17.2 Å². The molecular formula is C24H28O7S. The van der Waals surface area contributed by atoms with Gasteiger partial charge in [0.05, 0.1) is 20.1 Å². The average molecular weight is 461 g/mol. The standard InChI is InChI=1S/C24H28O7S/c1-15(8-6-5-7-9-21(26)30-4)20-13-19(25)22(24(28)31-20)23(27)16(2)12-17-10-11-18(32-17)14-29-3/h5,7,10-13,15,25H,6,8-9,14H2,1-4H3/b7-5+,16-12?. The number of hydrogen-bond acceptors (Lipinski definition) is 8. The molecule has 2 rings (SSSR count). The lowest BCUT2D eigenvalue weighted by molar-refractivity contribution is -0.139. The first kappa shape index (κ1) is 25.3. The Morgan fingerprint density at radius 2 is 2.00 bits per heavy atom. The Morgan fingerprint density at radius 1 is 1.25 bits per heavy atom. The van der Waals surface area contributed by atoms with Crippen LogP contribution in [0, 0.1) is 0 Å². The summed E-state index contributed by atoms with van der Waals surface area (Å²) in [4.78, 5) is 38.2. The van der Waals surface area contributed by atoms with Gasteiger partial charge < -0.3 is 19.0 Å². The van der Waals surface area contributed by atoms with Crippen molar-refractivity contribution in [3.8, 4) is 5.75 Å². The number of rotatable bonds is 11. The number of carbonyl (C=O) groups is 2. The molecule has 0 radical (unpaired) electrons. The highest BCUT2D eigenvalue weighted by molar-refractivity contribution is 7.12. The van der Waals surface area contributed by atoms with Crippen molar-refractivity contribution in [2.75, 3.05) is 14.2 Å². The molecule has 8 heteroatoms. The minimum Gasteiger partial charge on any atom is -0.507 e. The van der Waals surface area contributed by atoms with Crippen LogP contribution in [0.4, 0.5) is 0 Å². The number of ether oxygens (including phenoxy) is 2. The van der Waals surface area contributed by atoms with Crippen LogP contribution in [0.15, 0.2) is 45.1 Å². The summed E-state index contributed by atoms with van der Waals surface area (Å²) in [5.74, 6) is -1.16. The third-order valence-electron chi connectivity index (χ3n) is 4.79. The SMILES string of the molecule is COCc1ccc(C=C(C)C(=O)c2c(O)cc(C(C)CC/C=C/CC(=O)OC)oc2=O)s1. The van der Waals surface area contributed by atoms with Crippen molar-refractivity contribution >= 4 is 29.2 Å². The summed E-state index contributed by atoms with van der Waals surface area (Å²) in [6.45, 7) is 3.93. The fraction of sp³-hybridized carbons (Fsp3) is 0.375. The van der Waals surface area contributed by atoms with Gasteiger partial charge in [-0.05, 0) is 43.5 Å². The number of thiophene rings is 1. The minimum absolute atomic E-state index is 0.164. The van der Waals surface area contributed by atoms with Crippen LogP contribution in [0.5, 0.6) is 5.75 Å². The number of esters is 1. The van der Waals surface area contributed by atoms with Crippen LogP contribution in [-0.4, -0.2) is 31.1 Å². The lowest BCUT2D eigenvalue weighted by atomic mass is 9.99. The molecule has 0 spiro atoms. The van der Waals surface area contributed by atoms with Crippen LogP contribution in [0.2, 0.25) is 0 Å². The number of methoxy groups -OCH3 is 2. The molecule has 1 unspecified atom stereocenters. The quantitative estimate of drug-likeness (QED) is 0.221. The number of hydrogen-bond donors (Lipinski definition) is 1. The van der Waals surface area contributed by atoms with E-state index in [1.807, 2.05) is 25.1 Å². The fourth-order valence-electron chi connectivity index (χ4n) is 2.99. The van der Waals surface area contributed by atoms with E-state index in [0.717, 1.165) is 9.75 Å².